The molecule has 4 nitrogen and oxygen atoms in total. The molecule has 2 aromatic heterocycles. The lowest BCUT2D eigenvalue weighted by Crippen LogP contribution is -2.11. The van der Waals surface area contributed by atoms with Crippen LogP contribution in [0.5, 0.6) is 0 Å². The lowest BCUT2D eigenvalue weighted by molar-refractivity contribution is 0.152. The molecule has 0 fully saturated rings. The predicted octanol–water partition coefficient (Wildman–Crippen LogP) is 2.82. The summed E-state index contributed by atoms with van der Waals surface area (Å²) in [5.74, 6) is 0.232. The Morgan fingerprint density at radius 3 is 2.62 bits per heavy atom. The summed E-state index contributed by atoms with van der Waals surface area (Å²) < 4.78 is 15.5. The molecular weight excluding hydrogens is 269 g/mol. The first kappa shape index (κ1) is 13.5. The van der Waals surface area contributed by atoms with Crippen molar-refractivity contribution in [2.24, 2.45) is 0 Å². The van der Waals surface area contributed by atoms with Gasteiger partial charge in [0, 0.05) is 24.2 Å². The van der Waals surface area contributed by atoms with Gasteiger partial charge in [0.25, 0.3) is 0 Å². The smallest absolute Gasteiger partial charge is 0.158 e. The molecule has 1 N–H and O–H groups in total. The average molecular weight is 283 g/mol. The summed E-state index contributed by atoms with van der Waals surface area (Å²) in [5.41, 5.74) is 0.987. The summed E-state index contributed by atoms with van der Waals surface area (Å²) in [6.07, 6.45) is 4.12. The molecule has 0 radical (unpaired) electrons. The molecule has 0 amide bonds. The number of aromatic nitrogens is 3. The number of halogens is 1. The van der Waals surface area contributed by atoms with Crippen LogP contribution >= 0.6 is 0 Å². The van der Waals surface area contributed by atoms with Gasteiger partial charge in [-0.05, 0) is 18.2 Å². The fourth-order valence-corrected chi connectivity index (χ4v) is 2.21. The summed E-state index contributed by atoms with van der Waals surface area (Å²) in [6.45, 7) is 0.215. The first-order valence-electron chi connectivity index (χ1n) is 6.61. The Balaban J connectivity index is 1.87. The number of benzene rings is 1. The second-order valence-electron chi connectivity index (χ2n) is 4.66. The maximum absolute atomic E-state index is 13.7. The zero-order valence-corrected chi connectivity index (χ0v) is 11.2. The van der Waals surface area contributed by atoms with Gasteiger partial charge in [0.05, 0.1) is 12.6 Å². The van der Waals surface area contributed by atoms with Gasteiger partial charge in [-0.15, -0.1) is 0 Å². The van der Waals surface area contributed by atoms with Crippen LogP contribution in [-0.4, -0.2) is 19.6 Å². The van der Waals surface area contributed by atoms with Gasteiger partial charge >= 0.3 is 0 Å². The van der Waals surface area contributed by atoms with Crippen molar-refractivity contribution < 1.29 is 9.50 Å². The highest BCUT2D eigenvalue weighted by molar-refractivity contribution is 5.49. The monoisotopic (exact) mass is 283 g/mol. The third-order valence-electron chi connectivity index (χ3n) is 3.24. The molecule has 0 aliphatic carbocycles. The van der Waals surface area contributed by atoms with Crippen molar-refractivity contribution in [3.8, 4) is 11.5 Å². The van der Waals surface area contributed by atoms with E-state index in [2.05, 4.69) is 9.97 Å². The normalized spacial score (nSPS) is 12.3. The highest BCUT2D eigenvalue weighted by Crippen LogP contribution is 2.21. The van der Waals surface area contributed by atoms with Gasteiger partial charge in [-0.25, -0.2) is 9.37 Å². The Kier molecular flexibility index (Phi) is 3.75. The Hall–Kier alpha value is -2.53. The SMILES string of the molecule is OC(Cn1ccnc1-c1ccccn1)c1ccccc1F. The third-order valence-corrected chi connectivity index (χ3v) is 3.24. The minimum absolute atomic E-state index is 0.215. The predicted molar refractivity (Wildman–Crippen MR) is 76.8 cm³/mol. The van der Waals surface area contributed by atoms with Gasteiger partial charge < -0.3 is 9.67 Å². The minimum Gasteiger partial charge on any atom is -0.386 e. The van der Waals surface area contributed by atoms with Crippen molar-refractivity contribution in [3.63, 3.8) is 0 Å². The molecule has 0 bridgehead atoms. The molecular formula is C16H14FN3O. The lowest BCUT2D eigenvalue weighted by Gasteiger charge is -2.14. The van der Waals surface area contributed by atoms with E-state index in [9.17, 15) is 9.50 Å². The molecule has 1 aromatic carbocycles. The number of pyridine rings is 1. The van der Waals surface area contributed by atoms with E-state index in [0.29, 0.717) is 11.5 Å². The van der Waals surface area contributed by atoms with E-state index < -0.39 is 11.9 Å². The molecule has 3 rings (SSSR count). The number of imidazole rings is 1. The van der Waals surface area contributed by atoms with E-state index in [1.54, 1.807) is 41.4 Å². The largest absolute Gasteiger partial charge is 0.386 e. The standard InChI is InChI=1S/C16H14FN3O/c17-13-6-2-1-5-12(13)15(21)11-20-10-9-19-16(20)14-7-3-4-8-18-14/h1-10,15,21H,11H2. The molecule has 1 unspecified atom stereocenters. The number of aliphatic hydroxyl groups excluding tert-OH is 1. The van der Waals surface area contributed by atoms with Crippen molar-refractivity contribution in [1.29, 1.82) is 0 Å². The quantitative estimate of drug-likeness (QED) is 0.801. The van der Waals surface area contributed by atoms with E-state index in [4.69, 9.17) is 0 Å². The zero-order chi connectivity index (χ0) is 14.7. The fraction of sp³-hybridized carbons (Fsp3) is 0.125. The molecule has 0 saturated carbocycles. The van der Waals surface area contributed by atoms with Gasteiger partial charge in [-0.3, -0.25) is 4.98 Å². The Morgan fingerprint density at radius 2 is 1.86 bits per heavy atom. The maximum Gasteiger partial charge on any atom is 0.158 e. The molecule has 0 spiro atoms. The van der Waals surface area contributed by atoms with Crippen LogP contribution in [0.3, 0.4) is 0 Å². The Bertz CT molecular complexity index is 727. The second-order valence-corrected chi connectivity index (χ2v) is 4.66. The average Bonchev–Trinajstić information content (AvgIpc) is 2.96. The highest BCUT2D eigenvalue weighted by Gasteiger charge is 2.15. The molecule has 1 atom stereocenters. The first-order valence-corrected chi connectivity index (χ1v) is 6.61. The maximum atomic E-state index is 13.7. The van der Waals surface area contributed by atoms with E-state index in [-0.39, 0.29) is 12.1 Å². The van der Waals surface area contributed by atoms with Gasteiger partial charge in [0.1, 0.15) is 11.5 Å². The van der Waals surface area contributed by atoms with Crippen molar-refractivity contribution in [2.75, 3.05) is 0 Å². The fourth-order valence-electron chi connectivity index (χ4n) is 2.21. The van der Waals surface area contributed by atoms with Crippen LogP contribution in [-0.2, 0) is 6.54 Å². The van der Waals surface area contributed by atoms with Crippen LogP contribution in [0.25, 0.3) is 11.5 Å². The molecule has 0 aliphatic rings. The molecule has 2 heterocycles. The zero-order valence-electron chi connectivity index (χ0n) is 11.2. The van der Waals surface area contributed by atoms with Crippen molar-refractivity contribution in [3.05, 3.63) is 72.4 Å². The number of hydrogen-bond donors (Lipinski definition) is 1. The number of nitrogens with zero attached hydrogens (tertiary/aromatic N) is 3. The summed E-state index contributed by atoms with van der Waals surface area (Å²) in [6, 6.07) is 11.8. The van der Waals surface area contributed by atoms with Crippen LogP contribution in [0.15, 0.2) is 61.1 Å². The summed E-state index contributed by atoms with van der Waals surface area (Å²) >= 11 is 0. The van der Waals surface area contributed by atoms with Crippen LogP contribution in [0.2, 0.25) is 0 Å². The topological polar surface area (TPSA) is 50.9 Å². The van der Waals surface area contributed by atoms with Crippen LogP contribution < -0.4 is 0 Å². The third kappa shape index (κ3) is 2.83. The highest BCUT2D eigenvalue weighted by atomic mass is 19.1. The van der Waals surface area contributed by atoms with Crippen molar-refractivity contribution >= 4 is 0 Å². The lowest BCUT2D eigenvalue weighted by atomic mass is 10.1. The Labute approximate surface area is 121 Å². The van der Waals surface area contributed by atoms with Crippen molar-refractivity contribution in [1.82, 2.24) is 14.5 Å². The van der Waals surface area contributed by atoms with E-state index >= 15 is 0 Å². The summed E-state index contributed by atoms with van der Waals surface area (Å²) in [5, 5.41) is 10.2. The van der Waals surface area contributed by atoms with Gasteiger partial charge in [-0.2, -0.15) is 0 Å². The van der Waals surface area contributed by atoms with E-state index in [0.717, 1.165) is 0 Å². The molecule has 3 aromatic rings. The molecule has 106 valence electrons. The van der Waals surface area contributed by atoms with Crippen LogP contribution in [0, 0.1) is 5.82 Å². The van der Waals surface area contributed by atoms with E-state index in [1.165, 1.54) is 6.07 Å². The van der Waals surface area contributed by atoms with Crippen molar-refractivity contribution in [2.45, 2.75) is 12.6 Å². The minimum atomic E-state index is -0.942. The van der Waals surface area contributed by atoms with Gasteiger partial charge in [0.15, 0.2) is 5.82 Å². The number of rotatable bonds is 4. The van der Waals surface area contributed by atoms with Crippen LogP contribution in [0.1, 0.15) is 11.7 Å². The summed E-state index contributed by atoms with van der Waals surface area (Å²) in [4.78, 5) is 8.49. The second kappa shape index (κ2) is 5.85. The molecule has 0 aliphatic heterocycles. The Morgan fingerprint density at radius 1 is 1.05 bits per heavy atom. The first-order chi connectivity index (χ1) is 10.3. The van der Waals surface area contributed by atoms with Gasteiger partial charge in [0.2, 0.25) is 0 Å². The van der Waals surface area contributed by atoms with E-state index in [1.807, 2.05) is 18.2 Å². The molecule has 21 heavy (non-hydrogen) atoms. The molecule has 0 saturated heterocycles. The number of aliphatic hydroxyl groups is 1. The van der Waals surface area contributed by atoms with Gasteiger partial charge in [-0.1, -0.05) is 24.3 Å². The van der Waals surface area contributed by atoms with Crippen LogP contribution in [0.4, 0.5) is 4.39 Å². The number of hydrogen-bond acceptors (Lipinski definition) is 3. The molecule has 5 heteroatoms. The summed E-state index contributed by atoms with van der Waals surface area (Å²) in [7, 11) is 0.